The van der Waals surface area contributed by atoms with Gasteiger partial charge < -0.3 is 14.6 Å². The number of aryl methyl sites for hydroxylation is 1. The summed E-state index contributed by atoms with van der Waals surface area (Å²) in [4.78, 5) is 22.2. The van der Waals surface area contributed by atoms with Crippen molar-refractivity contribution < 1.29 is 22.7 Å². The zero-order chi connectivity index (χ0) is 31.1. The van der Waals surface area contributed by atoms with E-state index in [0.717, 1.165) is 43.1 Å². The molecule has 6 rings (SSSR count). The number of nitrogens with zero attached hydrogens (tertiary/aromatic N) is 6. The number of aromatic nitrogens is 4. The summed E-state index contributed by atoms with van der Waals surface area (Å²) in [6.45, 7) is 5.56. The molecule has 0 radical (unpaired) electrons. The van der Waals surface area contributed by atoms with E-state index in [4.69, 9.17) is 9.72 Å². The van der Waals surface area contributed by atoms with Crippen molar-refractivity contribution in [3.8, 4) is 0 Å². The van der Waals surface area contributed by atoms with Gasteiger partial charge in [0.1, 0.15) is 23.8 Å². The first kappa shape index (κ1) is 30.8. The van der Waals surface area contributed by atoms with Crippen LogP contribution in [0, 0.1) is 5.92 Å². The van der Waals surface area contributed by atoms with Crippen LogP contribution in [0.15, 0.2) is 30.6 Å². The van der Waals surface area contributed by atoms with Gasteiger partial charge in [0.05, 0.1) is 25.3 Å². The average Bonchev–Trinajstić information content (AvgIpc) is 3.51. The van der Waals surface area contributed by atoms with Gasteiger partial charge in [0.25, 0.3) is 5.91 Å². The van der Waals surface area contributed by atoms with Crippen molar-refractivity contribution >= 4 is 29.3 Å². The SMILES string of the molecule is CSCCNc1cc(C2(Cc3nncn3C)COC2)cc(N2Cc3c(cc(CN4CCC[C@H](C)C4)cc3C(F)(F)F)C2=O)n1. The summed E-state index contributed by atoms with van der Waals surface area (Å²) in [6, 6.07) is 6.67. The number of alkyl halides is 3. The van der Waals surface area contributed by atoms with Gasteiger partial charge in [-0.05, 0) is 72.5 Å². The molecule has 9 nitrogen and oxygen atoms in total. The summed E-state index contributed by atoms with van der Waals surface area (Å²) < 4.78 is 50.9. The number of nitrogens with one attached hydrogen (secondary N) is 1. The normalized spacial score (nSPS) is 20.1. The van der Waals surface area contributed by atoms with E-state index >= 15 is 0 Å². The van der Waals surface area contributed by atoms with Crippen LogP contribution in [0.25, 0.3) is 0 Å². The molecule has 236 valence electrons. The molecule has 1 aromatic carbocycles. The minimum absolute atomic E-state index is 0.00290. The number of ether oxygens (including phenoxy) is 1. The predicted molar refractivity (Wildman–Crippen MR) is 164 cm³/mol. The fourth-order valence-electron chi connectivity index (χ4n) is 6.51. The van der Waals surface area contributed by atoms with Crippen molar-refractivity contribution in [3.05, 3.63) is 64.2 Å². The van der Waals surface area contributed by atoms with Crippen LogP contribution in [0.1, 0.15) is 58.2 Å². The first-order chi connectivity index (χ1) is 21.1. The minimum Gasteiger partial charge on any atom is -0.379 e. The molecule has 0 saturated carbocycles. The number of benzene rings is 1. The Labute approximate surface area is 259 Å². The second kappa shape index (κ2) is 12.3. The van der Waals surface area contributed by atoms with Crippen molar-refractivity contribution in [2.24, 2.45) is 13.0 Å². The number of anilines is 2. The molecule has 0 spiro atoms. The molecule has 3 aliphatic rings. The zero-order valence-electron chi connectivity index (χ0n) is 25.3. The Kier molecular flexibility index (Phi) is 8.64. The fraction of sp³-hybridized carbons (Fsp3) is 0.548. The summed E-state index contributed by atoms with van der Waals surface area (Å²) in [5.41, 5.74) is 0.332. The molecular weight excluding hydrogens is 591 g/mol. The lowest BCUT2D eigenvalue weighted by molar-refractivity contribution is -0.138. The molecule has 44 heavy (non-hydrogen) atoms. The maximum absolute atomic E-state index is 14.4. The average molecular weight is 630 g/mol. The lowest BCUT2D eigenvalue weighted by atomic mass is 9.75. The second-order valence-corrected chi connectivity index (χ2v) is 13.4. The van der Waals surface area contributed by atoms with Crippen molar-refractivity contribution in [2.45, 2.75) is 50.9 Å². The van der Waals surface area contributed by atoms with Gasteiger partial charge in [-0.1, -0.05) is 6.92 Å². The maximum atomic E-state index is 14.4. The van der Waals surface area contributed by atoms with E-state index in [-0.39, 0.29) is 17.7 Å². The molecule has 3 aliphatic heterocycles. The van der Waals surface area contributed by atoms with E-state index in [1.165, 1.54) is 11.0 Å². The number of halogens is 3. The van der Waals surface area contributed by atoms with E-state index in [1.54, 1.807) is 24.2 Å². The number of hydrogen-bond donors (Lipinski definition) is 1. The van der Waals surface area contributed by atoms with Gasteiger partial charge in [-0.2, -0.15) is 24.9 Å². The summed E-state index contributed by atoms with van der Waals surface area (Å²) >= 11 is 1.69. The summed E-state index contributed by atoms with van der Waals surface area (Å²) in [6.07, 6.45) is 1.76. The predicted octanol–water partition coefficient (Wildman–Crippen LogP) is 4.91. The molecule has 2 aromatic heterocycles. The van der Waals surface area contributed by atoms with Gasteiger partial charge in [-0.3, -0.25) is 14.6 Å². The van der Waals surface area contributed by atoms with Crippen molar-refractivity contribution in [3.63, 3.8) is 0 Å². The molecule has 3 aromatic rings. The van der Waals surface area contributed by atoms with Gasteiger partial charge in [-0.25, -0.2) is 4.98 Å². The summed E-state index contributed by atoms with van der Waals surface area (Å²) in [5, 5.41) is 11.6. The highest BCUT2D eigenvalue weighted by Gasteiger charge is 2.44. The number of hydrogen-bond acceptors (Lipinski definition) is 8. The lowest BCUT2D eigenvalue weighted by Gasteiger charge is -2.42. The monoisotopic (exact) mass is 629 g/mol. The van der Waals surface area contributed by atoms with Crippen LogP contribution < -0.4 is 10.2 Å². The molecule has 5 heterocycles. The van der Waals surface area contributed by atoms with E-state index in [9.17, 15) is 18.0 Å². The van der Waals surface area contributed by atoms with E-state index < -0.39 is 23.1 Å². The van der Waals surface area contributed by atoms with Crippen LogP contribution in [0.4, 0.5) is 24.8 Å². The number of amides is 1. The standard InChI is InChI=1S/C31H38F3N7O2S/c1-20-5-4-7-40(14-20)15-21-9-23-24(25(10-21)31(32,33)34)16-41(29(23)42)27-12-22(11-26(37-27)35-6-8-44-3)30(17-43-18-30)13-28-38-36-19-39(28)2/h9-12,19-20H,4-8,13-18H2,1-3H3,(H,35,37)/t20-/m0/s1. The molecule has 1 amide bonds. The van der Waals surface area contributed by atoms with Crippen molar-refractivity contribution in [1.29, 1.82) is 0 Å². The Balaban J connectivity index is 1.36. The molecule has 2 saturated heterocycles. The first-order valence-corrected chi connectivity index (χ1v) is 16.4. The number of piperidine rings is 1. The first-order valence-electron chi connectivity index (χ1n) is 15.0. The largest absolute Gasteiger partial charge is 0.416 e. The highest BCUT2D eigenvalue weighted by atomic mass is 32.2. The van der Waals surface area contributed by atoms with Crippen molar-refractivity contribution in [1.82, 2.24) is 24.6 Å². The molecule has 1 N–H and O–H groups in total. The van der Waals surface area contributed by atoms with Gasteiger partial charge in [-0.15, -0.1) is 10.2 Å². The lowest BCUT2D eigenvalue weighted by Crippen LogP contribution is -2.49. The van der Waals surface area contributed by atoms with Crippen molar-refractivity contribution in [2.75, 3.05) is 55.1 Å². The molecule has 13 heteroatoms. The third kappa shape index (κ3) is 6.18. The summed E-state index contributed by atoms with van der Waals surface area (Å²) in [7, 11) is 1.88. The highest BCUT2D eigenvalue weighted by molar-refractivity contribution is 7.98. The fourth-order valence-corrected chi connectivity index (χ4v) is 6.81. The number of likely N-dealkylation sites (tertiary alicyclic amines) is 1. The van der Waals surface area contributed by atoms with Gasteiger partial charge in [0, 0.05) is 49.8 Å². The van der Waals surface area contributed by atoms with Crippen LogP contribution >= 0.6 is 11.8 Å². The van der Waals surface area contributed by atoms with Crippen LogP contribution in [0.3, 0.4) is 0 Å². The van der Waals surface area contributed by atoms with E-state index in [2.05, 4.69) is 27.3 Å². The quantitative estimate of drug-likeness (QED) is 0.317. The molecule has 0 unspecified atom stereocenters. The van der Waals surface area contributed by atoms with E-state index in [0.29, 0.717) is 55.8 Å². The van der Waals surface area contributed by atoms with Crippen LogP contribution in [-0.4, -0.2) is 75.4 Å². The Morgan fingerprint density at radius 2 is 2.02 bits per heavy atom. The third-order valence-corrected chi connectivity index (χ3v) is 9.54. The smallest absolute Gasteiger partial charge is 0.379 e. The minimum atomic E-state index is -4.59. The molecular formula is C31H38F3N7O2S. The van der Waals surface area contributed by atoms with Gasteiger partial charge in [0.2, 0.25) is 0 Å². The van der Waals surface area contributed by atoms with Crippen LogP contribution in [-0.2, 0) is 42.9 Å². The second-order valence-electron chi connectivity index (χ2n) is 12.4. The zero-order valence-corrected chi connectivity index (χ0v) is 26.1. The number of pyridine rings is 1. The number of rotatable bonds is 10. The Morgan fingerprint density at radius 3 is 2.68 bits per heavy atom. The van der Waals surface area contributed by atoms with Gasteiger partial charge >= 0.3 is 6.18 Å². The molecule has 0 aliphatic carbocycles. The topological polar surface area (TPSA) is 88.4 Å². The Morgan fingerprint density at radius 1 is 1.20 bits per heavy atom. The third-order valence-electron chi connectivity index (χ3n) is 8.93. The molecule has 0 bridgehead atoms. The number of carbonyl (C=O) groups is 1. The molecule has 1 atom stereocenters. The van der Waals surface area contributed by atoms with Crippen LogP contribution in [0.5, 0.6) is 0 Å². The van der Waals surface area contributed by atoms with Gasteiger partial charge in [0.15, 0.2) is 0 Å². The highest BCUT2D eigenvalue weighted by Crippen LogP contribution is 2.42. The van der Waals surface area contributed by atoms with E-state index in [1.807, 2.05) is 30.0 Å². The Hall–Kier alpha value is -3.16. The number of thioether (sulfide) groups is 1. The number of carbonyl (C=O) groups excluding carboxylic acids is 1. The summed E-state index contributed by atoms with van der Waals surface area (Å²) in [5.74, 6) is 2.54. The maximum Gasteiger partial charge on any atom is 0.416 e. The molecule has 2 fully saturated rings. The number of fused-ring (bicyclic) bond motifs is 1. The Bertz CT molecular complexity index is 1520. The van der Waals surface area contributed by atoms with Crippen LogP contribution in [0.2, 0.25) is 0 Å².